The summed E-state index contributed by atoms with van der Waals surface area (Å²) in [5.74, 6) is 0.00914. The fraction of sp³-hybridized carbons (Fsp3) is 0.286. The van der Waals surface area contributed by atoms with Crippen LogP contribution in [0.25, 0.3) is 0 Å². The van der Waals surface area contributed by atoms with Crippen molar-refractivity contribution in [3.05, 3.63) is 60.2 Å². The van der Waals surface area contributed by atoms with Gasteiger partial charge in [0, 0.05) is 13.1 Å². The van der Waals surface area contributed by atoms with Crippen LogP contribution >= 0.6 is 0 Å². The van der Waals surface area contributed by atoms with Crippen LogP contribution in [0.5, 0.6) is 11.5 Å². The molecule has 1 N–H and O–H groups in total. The number of para-hydroxylation sites is 1. The second kappa shape index (κ2) is 9.03. The lowest BCUT2D eigenvalue weighted by Crippen LogP contribution is -2.40. The predicted molar refractivity (Wildman–Crippen MR) is 102 cm³/mol. The van der Waals surface area contributed by atoms with Gasteiger partial charge in [-0.15, -0.1) is 0 Å². The first-order valence-corrected chi connectivity index (χ1v) is 9.04. The summed E-state index contributed by atoms with van der Waals surface area (Å²) in [6.07, 6.45) is 1.96. The second-order valence-corrected chi connectivity index (χ2v) is 6.61. The number of amides is 2. The number of hydrogen-bond acceptors (Lipinski definition) is 5. The average molecular weight is 382 g/mol. The molecule has 1 saturated carbocycles. The lowest BCUT2D eigenvalue weighted by atomic mass is 10.2. The number of esters is 1. The van der Waals surface area contributed by atoms with Crippen molar-refractivity contribution in [2.24, 2.45) is 0 Å². The Balaban J connectivity index is 1.44. The monoisotopic (exact) mass is 382 g/mol. The van der Waals surface area contributed by atoms with Gasteiger partial charge in [-0.05, 0) is 49.2 Å². The van der Waals surface area contributed by atoms with E-state index in [4.69, 9.17) is 9.47 Å². The first kappa shape index (κ1) is 19.4. The van der Waals surface area contributed by atoms with Gasteiger partial charge in [0.2, 0.25) is 5.91 Å². The average Bonchev–Trinajstić information content (AvgIpc) is 3.51. The summed E-state index contributed by atoms with van der Waals surface area (Å²) in [7, 11) is 1.50. The zero-order valence-electron chi connectivity index (χ0n) is 15.6. The molecule has 28 heavy (non-hydrogen) atoms. The van der Waals surface area contributed by atoms with Gasteiger partial charge in [0.05, 0.1) is 12.1 Å². The van der Waals surface area contributed by atoms with E-state index in [1.807, 2.05) is 30.3 Å². The fourth-order valence-electron chi connectivity index (χ4n) is 2.41. The quantitative estimate of drug-likeness (QED) is 0.709. The van der Waals surface area contributed by atoms with Crippen LogP contribution < -0.4 is 10.1 Å². The van der Waals surface area contributed by atoms with E-state index in [-0.39, 0.29) is 18.5 Å². The molecule has 0 saturated heterocycles. The number of nitrogens with zero attached hydrogens (tertiary/aromatic N) is 1. The summed E-state index contributed by atoms with van der Waals surface area (Å²) in [6, 6.07) is 16.0. The third-order valence-electron chi connectivity index (χ3n) is 4.14. The maximum atomic E-state index is 12.1. The molecule has 3 rings (SSSR count). The van der Waals surface area contributed by atoms with Crippen LogP contribution in [0.15, 0.2) is 54.6 Å². The molecule has 1 aliphatic rings. The van der Waals surface area contributed by atoms with Crippen LogP contribution in [-0.2, 0) is 14.3 Å². The summed E-state index contributed by atoms with van der Waals surface area (Å²) in [5, 5.41) is 2.80. The summed E-state index contributed by atoms with van der Waals surface area (Å²) >= 11 is 0. The van der Waals surface area contributed by atoms with E-state index < -0.39 is 18.5 Å². The van der Waals surface area contributed by atoms with Crippen molar-refractivity contribution in [2.75, 3.05) is 20.2 Å². The number of likely N-dealkylation sites (N-methyl/N-ethyl adjacent to an activating group) is 1. The summed E-state index contributed by atoms with van der Waals surface area (Å²) < 4.78 is 10.7. The van der Waals surface area contributed by atoms with E-state index in [2.05, 4.69) is 5.32 Å². The lowest BCUT2D eigenvalue weighted by Gasteiger charge is -2.16. The van der Waals surface area contributed by atoms with E-state index in [1.54, 1.807) is 24.3 Å². The SMILES string of the molecule is CN(CC(=O)NC1CC1)C(=O)COC(=O)c1ccc(Oc2ccccc2)cc1. The largest absolute Gasteiger partial charge is 0.457 e. The standard InChI is InChI=1S/C21H22N2O5/c1-23(13-19(24)22-16-9-10-16)20(25)14-27-21(26)15-7-11-18(12-8-15)28-17-5-3-2-4-6-17/h2-8,11-12,16H,9-10,13-14H2,1H3,(H,22,24). The number of carbonyl (C=O) groups excluding carboxylic acids is 3. The Kier molecular flexibility index (Phi) is 6.26. The third kappa shape index (κ3) is 5.84. The van der Waals surface area contributed by atoms with Gasteiger partial charge in [0.15, 0.2) is 6.61 Å². The summed E-state index contributed by atoms with van der Waals surface area (Å²) in [5.41, 5.74) is 0.308. The lowest BCUT2D eigenvalue weighted by molar-refractivity contribution is -0.137. The number of rotatable bonds is 8. The second-order valence-electron chi connectivity index (χ2n) is 6.61. The van der Waals surface area contributed by atoms with Crippen LogP contribution in [0.1, 0.15) is 23.2 Å². The van der Waals surface area contributed by atoms with Crippen LogP contribution in [0.4, 0.5) is 0 Å². The maximum Gasteiger partial charge on any atom is 0.338 e. The minimum Gasteiger partial charge on any atom is -0.457 e. The number of ether oxygens (including phenoxy) is 2. The molecule has 7 heteroatoms. The van der Waals surface area contributed by atoms with Crippen molar-refractivity contribution < 1.29 is 23.9 Å². The molecule has 2 aromatic carbocycles. The van der Waals surface area contributed by atoms with Gasteiger partial charge in [-0.25, -0.2) is 4.79 Å². The minimum atomic E-state index is -0.615. The predicted octanol–water partition coefficient (Wildman–Crippen LogP) is 2.37. The molecule has 2 amide bonds. The zero-order chi connectivity index (χ0) is 19.9. The Labute approximate surface area is 163 Å². The number of hydrogen-bond donors (Lipinski definition) is 1. The Bertz CT molecular complexity index is 832. The van der Waals surface area contributed by atoms with Gasteiger partial charge in [-0.3, -0.25) is 9.59 Å². The van der Waals surface area contributed by atoms with E-state index in [1.165, 1.54) is 11.9 Å². The van der Waals surface area contributed by atoms with Crippen molar-refractivity contribution in [3.8, 4) is 11.5 Å². The molecule has 1 fully saturated rings. The van der Waals surface area contributed by atoms with Crippen molar-refractivity contribution in [1.29, 1.82) is 0 Å². The molecule has 0 atom stereocenters. The molecule has 0 aromatic heterocycles. The van der Waals surface area contributed by atoms with Crippen LogP contribution in [0.2, 0.25) is 0 Å². The van der Waals surface area contributed by atoms with Crippen LogP contribution in [0.3, 0.4) is 0 Å². The molecular formula is C21H22N2O5. The van der Waals surface area contributed by atoms with Crippen molar-refractivity contribution >= 4 is 17.8 Å². The molecule has 0 aliphatic heterocycles. The van der Waals surface area contributed by atoms with Gasteiger partial charge in [-0.2, -0.15) is 0 Å². The normalized spacial score (nSPS) is 12.8. The third-order valence-corrected chi connectivity index (χ3v) is 4.14. The van der Waals surface area contributed by atoms with Crippen molar-refractivity contribution in [2.45, 2.75) is 18.9 Å². The van der Waals surface area contributed by atoms with Crippen LogP contribution in [-0.4, -0.2) is 48.9 Å². The van der Waals surface area contributed by atoms with E-state index >= 15 is 0 Å². The number of nitrogens with one attached hydrogen (secondary N) is 1. The van der Waals surface area contributed by atoms with E-state index in [0.29, 0.717) is 17.1 Å². The fourth-order valence-corrected chi connectivity index (χ4v) is 2.41. The van der Waals surface area contributed by atoms with Crippen molar-refractivity contribution in [1.82, 2.24) is 10.2 Å². The molecule has 1 aliphatic carbocycles. The summed E-state index contributed by atoms with van der Waals surface area (Å²) in [4.78, 5) is 37.1. The first-order valence-electron chi connectivity index (χ1n) is 9.04. The van der Waals surface area contributed by atoms with Gasteiger partial charge in [0.25, 0.3) is 5.91 Å². The van der Waals surface area contributed by atoms with Gasteiger partial charge >= 0.3 is 5.97 Å². The first-order chi connectivity index (χ1) is 13.5. The molecule has 0 spiro atoms. The zero-order valence-corrected chi connectivity index (χ0v) is 15.6. The highest BCUT2D eigenvalue weighted by molar-refractivity contribution is 5.92. The molecule has 0 bridgehead atoms. The minimum absolute atomic E-state index is 0.0571. The van der Waals surface area contributed by atoms with Gasteiger partial charge in [0.1, 0.15) is 11.5 Å². The highest BCUT2D eigenvalue weighted by Crippen LogP contribution is 2.21. The Morgan fingerprint density at radius 2 is 1.64 bits per heavy atom. The highest BCUT2D eigenvalue weighted by atomic mass is 16.5. The maximum absolute atomic E-state index is 12.1. The molecule has 146 valence electrons. The smallest absolute Gasteiger partial charge is 0.338 e. The molecule has 0 unspecified atom stereocenters. The van der Waals surface area contributed by atoms with Crippen LogP contribution in [0, 0.1) is 0 Å². The van der Waals surface area contributed by atoms with E-state index in [9.17, 15) is 14.4 Å². The molecule has 7 nitrogen and oxygen atoms in total. The van der Waals surface area contributed by atoms with Gasteiger partial charge < -0.3 is 19.7 Å². The Morgan fingerprint density at radius 3 is 2.29 bits per heavy atom. The van der Waals surface area contributed by atoms with Crippen molar-refractivity contribution in [3.63, 3.8) is 0 Å². The molecular weight excluding hydrogens is 360 g/mol. The van der Waals surface area contributed by atoms with Gasteiger partial charge in [-0.1, -0.05) is 18.2 Å². The number of carbonyl (C=O) groups is 3. The molecule has 0 heterocycles. The highest BCUT2D eigenvalue weighted by Gasteiger charge is 2.24. The topological polar surface area (TPSA) is 84.9 Å². The number of benzene rings is 2. The van der Waals surface area contributed by atoms with E-state index in [0.717, 1.165) is 12.8 Å². The molecule has 0 radical (unpaired) electrons. The summed E-state index contributed by atoms with van der Waals surface area (Å²) in [6.45, 7) is -0.479. The molecule has 2 aromatic rings. The Morgan fingerprint density at radius 1 is 1.00 bits per heavy atom. The Hall–Kier alpha value is -3.35.